The van der Waals surface area contributed by atoms with Gasteiger partial charge in [0, 0.05) is 0 Å². The van der Waals surface area contributed by atoms with Gasteiger partial charge < -0.3 is 0 Å². The molecule has 0 aliphatic rings. The van der Waals surface area contributed by atoms with E-state index in [9.17, 15) is 0 Å². The van der Waals surface area contributed by atoms with E-state index >= 15 is 0 Å². The Morgan fingerprint density at radius 3 is 2.76 bits per heavy atom. The summed E-state index contributed by atoms with van der Waals surface area (Å²) >= 11 is 7.88. The number of halogens is 1. The number of rotatable bonds is 4. The van der Waals surface area contributed by atoms with Gasteiger partial charge >= 0.3 is 140 Å². The van der Waals surface area contributed by atoms with E-state index in [1.54, 1.807) is 0 Å². The van der Waals surface area contributed by atoms with Gasteiger partial charge in [0.15, 0.2) is 0 Å². The third-order valence-electron chi connectivity index (χ3n) is 4.19. The van der Waals surface area contributed by atoms with Gasteiger partial charge in [-0.3, -0.25) is 0 Å². The van der Waals surface area contributed by atoms with Gasteiger partial charge in [-0.2, -0.15) is 0 Å². The summed E-state index contributed by atoms with van der Waals surface area (Å²) in [5.74, 6) is 0.688. The number of nitrogens with zero attached hydrogens (tertiary/aromatic N) is 2. The molecule has 4 rings (SSSR count). The summed E-state index contributed by atoms with van der Waals surface area (Å²) in [7, 11) is 0. The van der Waals surface area contributed by atoms with Crippen LogP contribution in [0.4, 0.5) is 0 Å². The van der Waals surface area contributed by atoms with Crippen molar-refractivity contribution in [3.8, 4) is 11.3 Å². The fourth-order valence-electron chi connectivity index (χ4n) is 2.89. The number of nitrogens with two attached hydrogens (primary N) is 1. The summed E-state index contributed by atoms with van der Waals surface area (Å²) in [5.41, 5.74) is 10.1. The molecule has 2 aromatic carbocycles. The number of nitrogens with one attached hydrogen (secondary N) is 2. The van der Waals surface area contributed by atoms with Gasteiger partial charge in [-0.25, -0.2) is 0 Å². The molecule has 0 fully saturated rings. The summed E-state index contributed by atoms with van der Waals surface area (Å²) in [4.78, 5) is 7.77. The molecule has 25 heavy (non-hydrogen) atoms. The molecule has 0 aliphatic carbocycles. The first-order chi connectivity index (χ1) is 12.1. The molecule has 0 amide bonds. The Labute approximate surface area is 158 Å². The zero-order valence-corrected chi connectivity index (χ0v) is 16.5. The topological polar surface area (TPSA) is 83.4 Å². The number of aromatic nitrogens is 4. The Morgan fingerprint density at radius 1 is 1.16 bits per heavy atom. The van der Waals surface area contributed by atoms with Crippen molar-refractivity contribution in [1.29, 1.82) is 0 Å². The Morgan fingerprint density at radius 2 is 1.96 bits per heavy atom. The molecule has 4 N–H and O–H groups in total. The molecule has 0 bridgehead atoms. The fourth-order valence-corrected chi connectivity index (χ4v) is 3.80. The van der Waals surface area contributed by atoms with Gasteiger partial charge in [0.2, 0.25) is 0 Å². The van der Waals surface area contributed by atoms with E-state index in [-0.39, 0.29) is 6.04 Å². The van der Waals surface area contributed by atoms with Crippen LogP contribution in [-0.2, 0) is 6.42 Å². The van der Waals surface area contributed by atoms with Crippen LogP contribution in [0.3, 0.4) is 0 Å². The van der Waals surface area contributed by atoms with E-state index < -0.39 is 0 Å². The maximum atomic E-state index is 6.39. The van der Waals surface area contributed by atoms with E-state index in [0.717, 1.165) is 20.9 Å². The predicted octanol–water partition coefficient (Wildman–Crippen LogP) is 2.11. The standard InChI is InChI=1S/C18H17AsClN5/c19-16-12-7-6-11(9-14(12)24-25-16)15-17(20)23-18(22-15)13(21)8-10-4-2-1-3-5-10/h1-7,9,13H,8,19,21H2,(H,22,23)(H,24,25)/t13-/m0/s1. The van der Waals surface area contributed by atoms with Crippen molar-refractivity contribution >= 4 is 43.8 Å². The summed E-state index contributed by atoms with van der Waals surface area (Å²) in [6.07, 6.45) is 0.699. The zero-order valence-electron chi connectivity index (χ0n) is 13.3. The molecule has 126 valence electrons. The molecule has 0 aliphatic heterocycles. The second-order valence-corrected chi connectivity index (χ2v) is 7.48. The molecule has 2 atom stereocenters. The normalized spacial score (nSPS) is 12.6. The molecule has 0 radical (unpaired) electrons. The number of hydrogen-bond donors (Lipinski definition) is 3. The Hall–Kier alpha value is -2.07. The van der Waals surface area contributed by atoms with Crippen LogP contribution < -0.4 is 10.2 Å². The maximum absolute atomic E-state index is 6.39. The molecular formula is C18H17AsClN5. The minimum atomic E-state index is -0.241. The zero-order chi connectivity index (χ0) is 17.4. The monoisotopic (exact) mass is 413 g/mol. The SMILES string of the molecule is N[C@@H](Cc1ccccc1)c1nc(-c2ccc3c([AsH2])n[nH]c3c2)c(Cl)[nH]1. The average Bonchev–Trinajstić information content (AvgIpc) is 3.19. The van der Waals surface area contributed by atoms with Gasteiger partial charge in [0.25, 0.3) is 0 Å². The van der Waals surface area contributed by atoms with Crippen molar-refractivity contribution < 1.29 is 0 Å². The predicted molar refractivity (Wildman–Crippen MR) is 104 cm³/mol. The number of aromatic amines is 2. The first-order valence-electron chi connectivity index (χ1n) is 7.90. The van der Waals surface area contributed by atoms with E-state index in [1.165, 1.54) is 22.4 Å². The molecule has 0 saturated heterocycles. The number of benzene rings is 2. The van der Waals surface area contributed by atoms with E-state index in [0.29, 0.717) is 23.1 Å². The average molecular weight is 414 g/mol. The van der Waals surface area contributed by atoms with E-state index in [2.05, 4.69) is 32.3 Å². The molecule has 5 nitrogen and oxygen atoms in total. The number of imidazole rings is 1. The molecular weight excluding hydrogens is 397 g/mol. The van der Waals surface area contributed by atoms with Crippen molar-refractivity contribution in [2.75, 3.05) is 0 Å². The number of fused-ring (bicyclic) bond motifs is 1. The quantitative estimate of drug-likeness (QED) is 0.448. The van der Waals surface area contributed by atoms with Crippen molar-refractivity contribution in [3.63, 3.8) is 0 Å². The summed E-state index contributed by atoms with van der Waals surface area (Å²) in [6, 6.07) is 15.9. The van der Waals surface area contributed by atoms with Crippen LogP contribution >= 0.6 is 11.6 Å². The first kappa shape index (κ1) is 16.4. The second-order valence-electron chi connectivity index (χ2n) is 5.95. The van der Waals surface area contributed by atoms with Crippen molar-refractivity contribution in [2.24, 2.45) is 5.73 Å². The Balaban J connectivity index is 1.64. The van der Waals surface area contributed by atoms with Crippen molar-refractivity contribution in [3.05, 3.63) is 65.1 Å². The molecule has 1 unspecified atom stereocenters. The van der Waals surface area contributed by atoms with Crippen LogP contribution in [0.15, 0.2) is 48.5 Å². The number of H-pyrrole nitrogens is 2. The van der Waals surface area contributed by atoms with Gasteiger partial charge in [0.1, 0.15) is 0 Å². The Kier molecular flexibility index (Phi) is 4.38. The van der Waals surface area contributed by atoms with Crippen molar-refractivity contribution in [1.82, 2.24) is 20.2 Å². The summed E-state index contributed by atoms with van der Waals surface area (Å²) in [6.45, 7) is 0. The van der Waals surface area contributed by atoms with Crippen LogP contribution in [0, 0.1) is 0 Å². The number of hydrogen-bond acceptors (Lipinski definition) is 3. The second kappa shape index (κ2) is 6.68. The van der Waals surface area contributed by atoms with Crippen LogP contribution in [-0.4, -0.2) is 37.0 Å². The molecule has 0 spiro atoms. The van der Waals surface area contributed by atoms with Crippen molar-refractivity contribution in [2.45, 2.75) is 12.5 Å². The molecule has 7 heteroatoms. The van der Waals surface area contributed by atoms with Crippen LogP contribution in [0.1, 0.15) is 17.4 Å². The van der Waals surface area contributed by atoms with Gasteiger partial charge in [-0.15, -0.1) is 0 Å². The molecule has 4 aromatic rings. The molecule has 2 aromatic heterocycles. The summed E-state index contributed by atoms with van der Waals surface area (Å²) in [5, 5.41) is 8.91. The van der Waals surface area contributed by atoms with Crippen LogP contribution in [0.5, 0.6) is 0 Å². The third kappa shape index (κ3) is 3.23. The van der Waals surface area contributed by atoms with E-state index in [1.807, 2.05) is 36.4 Å². The van der Waals surface area contributed by atoms with E-state index in [4.69, 9.17) is 17.3 Å². The van der Waals surface area contributed by atoms with Crippen LogP contribution in [0.2, 0.25) is 5.15 Å². The molecule has 2 heterocycles. The van der Waals surface area contributed by atoms with Crippen LogP contribution in [0.25, 0.3) is 22.2 Å². The Bertz CT molecular complexity index is 1020. The first-order valence-corrected chi connectivity index (χ1v) is 9.49. The van der Waals surface area contributed by atoms with Gasteiger partial charge in [0.05, 0.1) is 0 Å². The molecule has 0 saturated carbocycles. The summed E-state index contributed by atoms with van der Waals surface area (Å²) < 4.78 is 1.03. The van der Waals surface area contributed by atoms with Gasteiger partial charge in [-0.1, -0.05) is 18.2 Å². The third-order valence-corrected chi connectivity index (χ3v) is 5.39. The van der Waals surface area contributed by atoms with Gasteiger partial charge in [-0.05, 0) is 0 Å². The minimum absolute atomic E-state index is 0.241. The fraction of sp³-hybridized carbons (Fsp3) is 0.111.